The third-order valence-electron chi connectivity index (χ3n) is 4.31. The van der Waals surface area contributed by atoms with Crippen LogP contribution in [0.25, 0.3) is 0 Å². The fourth-order valence-corrected chi connectivity index (χ4v) is 2.54. The van der Waals surface area contributed by atoms with Crippen molar-refractivity contribution >= 4 is 0 Å². The highest BCUT2D eigenvalue weighted by Crippen LogP contribution is 2.13. The smallest absolute Gasteiger partial charge is 0.217 e. The molecule has 29 heavy (non-hydrogen) atoms. The lowest BCUT2D eigenvalue weighted by Gasteiger charge is -2.05. The SMILES string of the molecule is CCCCCCOc1ccc(C#C/C(F)=C(\F)C#Cc2ccc(CC)cc2)cc1. The normalized spacial score (nSPS) is 10.9. The highest BCUT2D eigenvalue weighted by atomic mass is 19.2. The number of allylic oxidation sites excluding steroid dienone is 2. The van der Waals surface area contributed by atoms with Gasteiger partial charge < -0.3 is 4.74 Å². The number of benzene rings is 2. The molecular weight excluding hydrogens is 366 g/mol. The molecule has 0 N–H and O–H groups in total. The minimum absolute atomic E-state index is 0.578. The summed E-state index contributed by atoms with van der Waals surface area (Å²) in [5.74, 6) is 7.99. The molecule has 3 heteroatoms. The van der Waals surface area contributed by atoms with Crippen molar-refractivity contribution in [3.63, 3.8) is 0 Å². The van der Waals surface area contributed by atoms with E-state index in [1.54, 1.807) is 36.4 Å². The summed E-state index contributed by atoms with van der Waals surface area (Å²) in [7, 11) is 0. The van der Waals surface area contributed by atoms with Crippen molar-refractivity contribution in [1.82, 2.24) is 0 Å². The summed E-state index contributed by atoms with van der Waals surface area (Å²) < 4.78 is 33.3. The van der Waals surface area contributed by atoms with Crippen LogP contribution in [0.1, 0.15) is 56.2 Å². The zero-order valence-corrected chi connectivity index (χ0v) is 17.0. The van der Waals surface area contributed by atoms with Crippen molar-refractivity contribution in [3.05, 3.63) is 76.9 Å². The molecule has 0 aliphatic carbocycles. The number of unbranched alkanes of at least 4 members (excludes halogenated alkanes) is 3. The molecule has 0 fully saturated rings. The van der Waals surface area contributed by atoms with E-state index in [1.807, 2.05) is 19.1 Å². The Kier molecular flexibility index (Phi) is 9.53. The zero-order chi connectivity index (χ0) is 20.9. The van der Waals surface area contributed by atoms with Crippen molar-refractivity contribution in [2.45, 2.75) is 46.0 Å². The highest BCUT2D eigenvalue weighted by molar-refractivity contribution is 5.46. The molecule has 0 amide bonds. The Morgan fingerprint density at radius 3 is 1.83 bits per heavy atom. The summed E-state index contributed by atoms with van der Waals surface area (Å²) in [5.41, 5.74) is 2.37. The second-order valence-electron chi connectivity index (χ2n) is 6.61. The summed E-state index contributed by atoms with van der Waals surface area (Å²) in [6, 6.07) is 14.4. The summed E-state index contributed by atoms with van der Waals surface area (Å²) in [6.07, 6.45) is 5.50. The topological polar surface area (TPSA) is 9.23 Å². The fraction of sp³-hybridized carbons (Fsp3) is 0.308. The van der Waals surface area contributed by atoms with Crippen LogP contribution in [0.15, 0.2) is 60.2 Å². The van der Waals surface area contributed by atoms with Gasteiger partial charge in [-0.2, -0.15) is 8.78 Å². The van der Waals surface area contributed by atoms with Gasteiger partial charge in [0.05, 0.1) is 6.61 Å². The maximum atomic E-state index is 13.9. The van der Waals surface area contributed by atoms with Crippen molar-refractivity contribution < 1.29 is 13.5 Å². The summed E-state index contributed by atoms with van der Waals surface area (Å²) >= 11 is 0. The highest BCUT2D eigenvalue weighted by Gasteiger charge is 2.00. The zero-order valence-electron chi connectivity index (χ0n) is 17.0. The number of aryl methyl sites for hydroxylation is 1. The summed E-state index contributed by atoms with van der Waals surface area (Å²) in [6.45, 7) is 4.89. The average Bonchev–Trinajstić information content (AvgIpc) is 2.76. The van der Waals surface area contributed by atoms with Crippen molar-refractivity contribution in [3.8, 4) is 29.4 Å². The molecule has 0 saturated carbocycles. The van der Waals surface area contributed by atoms with Gasteiger partial charge in [0.1, 0.15) is 5.75 Å². The van der Waals surface area contributed by atoms with Crippen LogP contribution in [-0.4, -0.2) is 6.61 Å². The number of hydrogen-bond acceptors (Lipinski definition) is 1. The van der Waals surface area contributed by atoms with Gasteiger partial charge in [-0.15, -0.1) is 0 Å². The summed E-state index contributed by atoms with van der Waals surface area (Å²) in [5, 5.41) is 0. The van der Waals surface area contributed by atoms with E-state index >= 15 is 0 Å². The van der Waals surface area contributed by atoms with Gasteiger partial charge in [-0.1, -0.05) is 57.1 Å². The van der Waals surface area contributed by atoms with Crippen molar-refractivity contribution in [2.24, 2.45) is 0 Å². The van der Waals surface area contributed by atoms with Gasteiger partial charge in [0.2, 0.25) is 11.7 Å². The van der Waals surface area contributed by atoms with E-state index in [4.69, 9.17) is 4.74 Å². The second kappa shape index (κ2) is 12.4. The molecule has 1 nitrogen and oxygen atoms in total. The largest absolute Gasteiger partial charge is 0.494 e. The van der Waals surface area contributed by atoms with E-state index in [1.165, 1.54) is 12.8 Å². The number of rotatable bonds is 7. The van der Waals surface area contributed by atoms with Gasteiger partial charge in [-0.25, -0.2) is 0 Å². The lowest BCUT2D eigenvalue weighted by Crippen LogP contribution is -1.96. The molecule has 0 aliphatic heterocycles. The monoisotopic (exact) mass is 392 g/mol. The van der Waals surface area contributed by atoms with Crippen molar-refractivity contribution in [1.29, 1.82) is 0 Å². The van der Waals surface area contributed by atoms with Crippen molar-refractivity contribution in [2.75, 3.05) is 6.61 Å². The molecule has 0 spiro atoms. The minimum Gasteiger partial charge on any atom is -0.494 e. The van der Waals surface area contributed by atoms with Crippen LogP contribution in [0.2, 0.25) is 0 Å². The molecule has 150 valence electrons. The van der Waals surface area contributed by atoms with E-state index in [-0.39, 0.29) is 0 Å². The molecule has 0 bridgehead atoms. The Balaban J connectivity index is 1.94. The van der Waals surface area contributed by atoms with E-state index < -0.39 is 11.7 Å². The maximum absolute atomic E-state index is 13.9. The van der Waals surface area contributed by atoms with E-state index in [9.17, 15) is 8.78 Å². The molecule has 0 aromatic heterocycles. The maximum Gasteiger partial charge on any atom is 0.217 e. The first-order valence-electron chi connectivity index (χ1n) is 10.0. The number of halogens is 2. The Hall–Kier alpha value is -3.04. The molecule has 0 saturated heterocycles. The van der Waals surface area contributed by atoms with Gasteiger partial charge in [-0.05, 0) is 66.6 Å². The molecule has 2 rings (SSSR count). The van der Waals surface area contributed by atoms with Crippen LogP contribution in [0, 0.1) is 23.7 Å². The van der Waals surface area contributed by atoms with Crippen LogP contribution < -0.4 is 4.74 Å². The van der Waals surface area contributed by atoms with Gasteiger partial charge in [0.25, 0.3) is 0 Å². The lowest BCUT2D eigenvalue weighted by molar-refractivity contribution is 0.305. The Labute approximate surface area is 172 Å². The molecule has 0 atom stereocenters. The van der Waals surface area contributed by atoms with E-state index in [2.05, 4.69) is 30.6 Å². The molecule has 0 radical (unpaired) electrons. The number of ether oxygens (including phenoxy) is 1. The van der Waals surface area contributed by atoms with Crippen LogP contribution in [0.5, 0.6) is 5.75 Å². The Bertz CT molecular complexity index is 917. The van der Waals surface area contributed by atoms with Crippen LogP contribution in [-0.2, 0) is 6.42 Å². The van der Waals surface area contributed by atoms with Crippen LogP contribution in [0.4, 0.5) is 8.78 Å². The third kappa shape index (κ3) is 8.24. The first kappa shape index (κ1) is 22.3. The van der Waals surface area contributed by atoms with E-state index in [0.717, 1.165) is 30.6 Å². The lowest BCUT2D eigenvalue weighted by atomic mass is 10.1. The van der Waals surface area contributed by atoms with Gasteiger partial charge >= 0.3 is 0 Å². The summed E-state index contributed by atoms with van der Waals surface area (Å²) in [4.78, 5) is 0. The predicted octanol–water partition coefficient (Wildman–Crippen LogP) is 6.76. The molecule has 0 aliphatic rings. The molecule has 0 unspecified atom stereocenters. The first-order chi connectivity index (χ1) is 14.1. The Morgan fingerprint density at radius 2 is 1.31 bits per heavy atom. The Morgan fingerprint density at radius 1 is 0.759 bits per heavy atom. The van der Waals surface area contributed by atoms with Gasteiger partial charge in [0, 0.05) is 11.1 Å². The molecule has 2 aromatic carbocycles. The quantitative estimate of drug-likeness (QED) is 0.373. The molecular formula is C26H26F2O. The molecule has 2 aromatic rings. The standard InChI is InChI=1S/C26H26F2O/c1-3-5-6-7-20-29-24-16-12-23(13-17-24)15-19-26(28)25(27)18-14-22-10-8-21(4-2)9-11-22/h8-13,16-17H,3-7,20H2,1-2H3/b26-25+. The van der Waals surface area contributed by atoms with Gasteiger partial charge in [0.15, 0.2) is 0 Å². The van der Waals surface area contributed by atoms with Crippen LogP contribution >= 0.6 is 0 Å². The van der Waals surface area contributed by atoms with Crippen LogP contribution in [0.3, 0.4) is 0 Å². The fourth-order valence-electron chi connectivity index (χ4n) is 2.54. The average molecular weight is 392 g/mol. The predicted molar refractivity (Wildman–Crippen MR) is 115 cm³/mol. The second-order valence-corrected chi connectivity index (χ2v) is 6.61. The minimum atomic E-state index is -1.17. The number of hydrogen-bond donors (Lipinski definition) is 0. The van der Waals surface area contributed by atoms with E-state index in [0.29, 0.717) is 17.7 Å². The third-order valence-corrected chi connectivity index (χ3v) is 4.31. The van der Waals surface area contributed by atoms with Gasteiger partial charge in [-0.3, -0.25) is 0 Å². The first-order valence-corrected chi connectivity index (χ1v) is 10.0. The molecule has 0 heterocycles.